The van der Waals surface area contributed by atoms with Crippen molar-refractivity contribution in [3.8, 4) is 0 Å². The normalized spacial score (nSPS) is 20.6. The van der Waals surface area contributed by atoms with Gasteiger partial charge in [-0.1, -0.05) is 6.07 Å². The number of carbonyl (C=O) groups excluding carboxylic acids is 2. The van der Waals surface area contributed by atoms with Crippen LogP contribution in [0.1, 0.15) is 43.4 Å². The van der Waals surface area contributed by atoms with E-state index in [0.29, 0.717) is 24.9 Å². The molecule has 1 saturated heterocycles. The number of anilines is 2. The van der Waals surface area contributed by atoms with E-state index in [1.54, 1.807) is 30.1 Å². The molecule has 2 amide bonds. The van der Waals surface area contributed by atoms with Gasteiger partial charge in [-0.05, 0) is 87.6 Å². The van der Waals surface area contributed by atoms with Crippen LogP contribution in [-0.4, -0.2) is 44.7 Å². The molecular weight excluding hydrogens is 438 g/mol. The lowest BCUT2D eigenvalue weighted by molar-refractivity contribution is -0.122. The number of aryl methyl sites for hydroxylation is 2. The van der Waals surface area contributed by atoms with Crippen molar-refractivity contribution in [2.75, 3.05) is 30.4 Å². The molecule has 1 atom stereocenters. The fraction of sp³-hybridized carbons (Fsp3) is 0.440. The molecule has 0 unspecified atom stereocenters. The van der Waals surface area contributed by atoms with Crippen molar-refractivity contribution in [3.63, 3.8) is 0 Å². The van der Waals surface area contributed by atoms with Crippen LogP contribution in [0, 0.1) is 19.8 Å². The molecule has 7 nitrogen and oxygen atoms in total. The number of hydrogen-bond acceptors (Lipinski definition) is 4. The maximum absolute atomic E-state index is 13.5. The Morgan fingerprint density at radius 2 is 1.76 bits per heavy atom. The van der Waals surface area contributed by atoms with Crippen LogP contribution in [0.15, 0.2) is 41.3 Å². The van der Waals surface area contributed by atoms with Crippen LogP contribution in [0.25, 0.3) is 0 Å². The Morgan fingerprint density at radius 1 is 1.09 bits per heavy atom. The summed E-state index contributed by atoms with van der Waals surface area (Å²) < 4.78 is 28.3. The highest BCUT2D eigenvalue weighted by atomic mass is 32.2. The maximum atomic E-state index is 13.5. The van der Waals surface area contributed by atoms with Crippen molar-refractivity contribution in [1.82, 2.24) is 4.31 Å². The van der Waals surface area contributed by atoms with Crippen molar-refractivity contribution in [1.29, 1.82) is 0 Å². The Labute approximate surface area is 195 Å². The summed E-state index contributed by atoms with van der Waals surface area (Å²) in [4.78, 5) is 27.2. The molecule has 1 N–H and O–H groups in total. The molecule has 33 heavy (non-hydrogen) atoms. The molecule has 0 radical (unpaired) electrons. The number of nitrogens with zero attached hydrogens (tertiary/aromatic N) is 2. The second-order valence-electron chi connectivity index (χ2n) is 9.74. The van der Waals surface area contributed by atoms with E-state index in [0.717, 1.165) is 22.5 Å². The lowest BCUT2D eigenvalue weighted by Gasteiger charge is -2.31. The Balaban J connectivity index is 1.55. The topological polar surface area (TPSA) is 86.8 Å². The van der Waals surface area contributed by atoms with Crippen LogP contribution in [0.3, 0.4) is 0 Å². The summed E-state index contributed by atoms with van der Waals surface area (Å²) in [5.41, 5.74) is 3.49. The first kappa shape index (κ1) is 23.4. The molecule has 176 valence electrons. The van der Waals surface area contributed by atoms with Gasteiger partial charge in [-0.2, -0.15) is 4.31 Å². The number of nitrogens with one attached hydrogen (secondary N) is 1. The second-order valence-corrected chi connectivity index (χ2v) is 11.7. The molecule has 2 aromatic rings. The van der Waals surface area contributed by atoms with Gasteiger partial charge >= 0.3 is 0 Å². The van der Waals surface area contributed by atoms with Gasteiger partial charge in [-0.3, -0.25) is 9.59 Å². The molecular formula is C25H31N3O4S. The summed E-state index contributed by atoms with van der Waals surface area (Å²) in [6.07, 6.45) is 1.25. The molecule has 1 fully saturated rings. The maximum Gasteiger partial charge on any atom is 0.243 e. The number of likely N-dealkylation sites (N-methyl/N-ethyl adjacent to an activating group) is 1. The van der Waals surface area contributed by atoms with Gasteiger partial charge in [0.1, 0.15) is 0 Å². The average Bonchev–Trinajstić information content (AvgIpc) is 2.93. The number of rotatable bonds is 4. The van der Waals surface area contributed by atoms with Gasteiger partial charge in [0.15, 0.2) is 0 Å². The van der Waals surface area contributed by atoms with Crippen LogP contribution >= 0.6 is 0 Å². The first-order valence-electron chi connectivity index (χ1n) is 11.2. The van der Waals surface area contributed by atoms with Crippen molar-refractivity contribution >= 4 is 33.2 Å². The van der Waals surface area contributed by atoms with E-state index in [1.165, 1.54) is 4.31 Å². The first-order chi connectivity index (χ1) is 15.4. The van der Waals surface area contributed by atoms with Crippen molar-refractivity contribution in [2.24, 2.45) is 5.92 Å². The minimum atomic E-state index is -3.80. The summed E-state index contributed by atoms with van der Waals surface area (Å²) in [5, 5.41) is 2.96. The zero-order valence-corrected chi connectivity index (χ0v) is 20.6. The minimum absolute atomic E-state index is 0.0619. The van der Waals surface area contributed by atoms with Crippen molar-refractivity contribution in [2.45, 2.75) is 50.8 Å². The number of fused-ring (bicyclic) bond motifs is 1. The minimum Gasteiger partial charge on any atom is -0.326 e. The van der Waals surface area contributed by atoms with E-state index in [1.807, 2.05) is 45.9 Å². The fourth-order valence-electron chi connectivity index (χ4n) is 4.93. The van der Waals surface area contributed by atoms with E-state index in [9.17, 15) is 18.0 Å². The van der Waals surface area contributed by atoms with E-state index < -0.39 is 21.4 Å². The number of hydrogen-bond donors (Lipinski definition) is 1. The zero-order valence-electron chi connectivity index (χ0n) is 19.8. The van der Waals surface area contributed by atoms with Gasteiger partial charge in [0.25, 0.3) is 0 Å². The van der Waals surface area contributed by atoms with Crippen LogP contribution in [0.2, 0.25) is 0 Å². The monoisotopic (exact) mass is 469 g/mol. The average molecular weight is 470 g/mol. The predicted octanol–water partition coefficient (Wildman–Crippen LogP) is 3.60. The number of benzene rings is 2. The second kappa shape index (κ2) is 8.25. The van der Waals surface area contributed by atoms with Crippen LogP contribution in [-0.2, 0) is 25.0 Å². The molecule has 0 spiro atoms. The lowest BCUT2D eigenvalue weighted by atomic mass is 9.86. The molecule has 2 heterocycles. The highest BCUT2D eigenvalue weighted by Crippen LogP contribution is 2.42. The molecule has 8 heteroatoms. The smallest absolute Gasteiger partial charge is 0.243 e. The van der Waals surface area contributed by atoms with E-state index in [2.05, 4.69) is 5.32 Å². The Kier molecular flexibility index (Phi) is 5.87. The standard InChI is InChI=1S/C25H31N3O4S/c1-16-11-17(2)13-19(12-16)26-23(29)18-7-6-10-28(15-18)33(31,32)20-8-9-22-21(14-20)25(3,4)24(30)27(22)5/h8-9,11-14,18H,6-7,10,15H2,1-5H3,(H,26,29)/t18-/m1/s1. The number of sulfonamides is 1. The molecule has 2 aliphatic heterocycles. The van der Waals surface area contributed by atoms with Gasteiger partial charge in [-0.15, -0.1) is 0 Å². The lowest BCUT2D eigenvalue weighted by Crippen LogP contribution is -2.43. The number of piperidine rings is 1. The Hall–Kier alpha value is -2.71. The Morgan fingerprint density at radius 3 is 2.42 bits per heavy atom. The van der Waals surface area contributed by atoms with Crippen LogP contribution in [0.5, 0.6) is 0 Å². The largest absolute Gasteiger partial charge is 0.326 e. The highest BCUT2D eigenvalue weighted by molar-refractivity contribution is 7.89. The van der Waals surface area contributed by atoms with Gasteiger partial charge in [-0.25, -0.2) is 8.42 Å². The molecule has 2 aliphatic rings. The van der Waals surface area contributed by atoms with Gasteiger partial charge < -0.3 is 10.2 Å². The molecule has 2 aromatic carbocycles. The van der Waals surface area contributed by atoms with Gasteiger partial charge in [0.2, 0.25) is 21.8 Å². The fourth-order valence-corrected chi connectivity index (χ4v) is 6.48. The van der Waals surface area contributed by atoms with E-state index >= 15 is 0 Å². The third-order valence-electron chi connectivity index (χ3n) is 6.72. The summed E-state index contributed by atoms with van der Waals surface area (Å²) in [7, 11) is -2.10. The Bertz CT molecular complexity index is 1220. The number of carbonyl (C=O) groups is 2. The van der Waals surface area contributed by atoms with Crippen molar-refractivity contribution in [3.05, 3.63) is 53.1 Å². The molecule has 0 aliphatic carbocycles. The third kappa shape index (κ3) is 4.17. The summed E-state index contributed by atoms with van der Waals surface area (Å²) in [5.74, 6) is -0.650. The highest BCUT2D eigenvalue weighted by Gasteiger charge is 2.43. The third-order valence-corrected chi connectivity index (χ3v) is 8.59. The predicted molar refractivity (Wildman–Crippen MR) is 129 cm³/mol. The first-order valence-corrected chi connectivity index (χ1v) is 12.7. The van der Waals surface area contributed by atoms with Gasteiger partial charge in [0, 0.05) is 31.5 Å². The molecule has 0 bridgehead atoms. The van der Waals surface area contributed by atoms with Gasteiger partial charge in [0.05, 0.1) is 16.2 Å². The molecule has 0 aromatic heterocycles. The van der Waals surface area contributed by atoms with E-state index in [-0.39, 0.29) is 23.3 Å². The number of amides is 2. The molecule has 4 rings (SSSR count). The summed E-state index contributed by atoms with van der Waals surface area (Å²) in [6, 6.07) is 10.7. The SMILES string of the molecule is Cc1cc(C)cc(NC(=O)[C@@H]2CCCN(S(=O)(=O)c3ccc4c(c3)C(C)(C)C(=O)N4C)C2)c1. The quantitative estimate of drug-likeness (QED) is 0.741. The zero-order chi connectivity index (χ0) is 24.1. The van der Waals surface area contributed by atoms with E-state index in [4.69, 9.17) is 0 Å². The van der Waals surface area contributed by atoms with Crippen LogP contribution < -0.4 is 10.2 Å². The summed E-state index contributed by atoms with van der Waals surface area (Å²) in [6.45, 7) is 8.07. The summed E-state index contributed by atoms with van der Waals surface area (Å²) >= 11 is 0. The molecule has 0 saturated carbocycles. The van der Waals surface area contributed by atoms with Crippen molar-refractivity contribution < 1.29 is 18.0 Å². The van der Waals surface area contributed by atoms with Crippen LogP contribution in [0.4, 0.5) is 11.4 Å².